The topological polar surface area (TPSA) is 67.0 Å². The molecule has 0 radical (unpaired) electrons. The van der Waals surface area contributed by atoms with E-state index in [2.05, 4.69) is 22.4 Å². The van der Waals surface area contributed by atoms with E-state index in [1.165, 1.54) is 7.11 Å². The number of nitrogens with one attached hydrogen (secondary N) is 2. The fraction of sp³-hybridized carbons (Fsp3) is 0.467. The van der Waals surface area contributed by atoms with Crippen molar-refractivity contribution >= 4 is 16.9 Å². The minimum absolute atomic E-state index is 0.327. The van der Waals surface area contributed by atoms with Crippen LogP contribution in [0.15, 0.2) is 18.2 Å². The van der Waals surface area contributed by atoms with E-state index in [9.17, 15) is 4.79 Å². The molecule has 0 aliphatic rings. The number of esters is 1. The molecule has 2 rings (SSSR count). The van der Waals surface area contributed by atoms with Gasteiger partial charge in [-0.1, -0.05) is 26.8 Å². The van der Waals surface area contributed by atoms with E-state index in [4.69, 9.17) is 4.74 Å². The number of nitrogens with zero attached hydrogens (tertiary/aromatic N) is 1. The van der Waals surface area contributed by atoms with Gasteiger partial charge in [-0.15, -0.1) is 0 Å². The molecule has 5 heteroatoms. The Morgan fingerprint density at radius 1 is 1.40 bits per heavy atom. The number of rotatable bonds is 5. The summed E-state index contributed by atoms with van der Waals surface area (Å²) in [6, 6.07) is 5.46. The molecule has 20 heavy (non-hydrogen) atoms. The predicted octanol–water partition coefficient (Wildman–Crippen LogP) is 2.53. The highest BCUT2D eigenvalue weighted by Gasteiger charge is 2.15. The van der Waals surface area contributed by atoms with Gasteiger partial charge in [-0.3, -0.25) is 5.10 Å². The molecule has 2 N–H and O–H groups in total. The first-order valence-corrected chi connectivity index (χ1v) is 7.03. The number of aromatic nitrogens is 2. The van der Waals surface area contributed by atoms with Gasteiger partial charge in [-0.2, -0.15) is 5.10 Å². The van der Waals surface area contributed by atoms with Crippen molar-refractivity contribution in [3.63, 3.8) is 0 Å². The van der Waals surface area contributed by atoms with Crippen molar-refractivity contribution < 1.29 is 9.53 Å². The van der Waals surface area contributed by atoms with Gasteiger partial charge in [0.15, 0.2) is 0 Å². The Morgan fingerprint density at radius 3 is 2.80 bits per heavy atom. The minimum Gasteiger partial charge on any atom is -0.465 e. The summed E-state index contributed by atoms with van der Waals surface area (Å²) in [5.41, 5.74) is 2.33. The molecule has 2 aromatic rings. The number of aromatic amines is 1. The van der Waals surface area contributed by atoms with Gasteiger partial charge in [0.1, 0.15) is 0 Å². The monoisotopic (exact) mass is 277 g/mol. The highest BCUT2D eigenvalue weighted by atomic mass is 16.5. The maximum atomic E-state index is 11.7. The SMILES string of the molecule is CC.CCNCCc1[nH]nc2cccc(C(=O)OC)c12. The van der Waals surface area contributed by atoms with E-state index in [1.54, 1.807) is 6.07 Å². The molecule has 0 bridgehead atoms. The van der Waals surface area contributed by atoms with Crippen LogP contribution in [-0.4, -0.2) is 36.4 Å². The molecule has 1 heterocycles. The largest absolute Gasteiger partial charge is 0.465 e. The van der Waals surface area contributed by atoms with Gasteiger partial charge >= 0.3 is 5.97 Å². The third kappa shape index (κ3) is 3.57. The molecule has 0 atom stereocenters. The summed E-state index contributed by atoms with van der Waals surface area (Å²) in [6.45, 7) is 7.84. The number of carbonyl (C=O) groups is 1. The van der Waals surface area contributed by atoms with Crippen LogP contribution in [0.4, 0.5) is 0 Å². The van der Waals surface area contributed by atoms with Crippen LogP contribution in [0.1, 0.15) is 36.8 Å². The number of carbonyl (C=O) groups excluding carboxylic acids is 1. The zero-order chi connectivity index (χ0) is 15.0. The average Bonchev–Trinajstić information content (AvgIpc) is 2.92. The van der Waals surface area contributed by atoms with Gasteiger partial charge in [-0.05, 0) is 18.7 Å². The molecule has 0 unspecified atom stereocenters. The molecule has 0 spiro atoms. The lowest BCUT2D eigenvalue weighted by Gasteiger charge is -2.04. The zero-order valence-electron chi connectivity index (χ0n) is 12.6. The normalized spacial score (nSPS) is 10.0. The van der Waals surface area contributed by atoms with Gasteiger partial charge in [0.2, 0.25) is 0 Å². The van der Waals surface area contributed by atoms with Crippen molar-refractivity contribution in [1.29, 1.82) is 0 Å². The highest BCUT2D eigenvalue weighted by molar-refractivity contribution is 6.04. The first-order valence-electron chi connectivity index (χ1n) is 7.03. The van der Waals surface area contributed by atoms with E-state index < -0.39 is 0 Å². The minimum atomic E-state index is -0.327. The van der Waals surface area contributed by atoms with Crippen LogP contribution >= 0.6 is 0 Å². The van der Waals surface area contributed by atoms with Crippen LogP contribution in [0.2, 0.25) is 0 Å². The lowest BCUT2D eigenvalue weighted by atomic mass is 10.1. The number of ether oxygens (including phenoxy) is 1. The number of methoxy groups -OCH3 is 1. The molecular weight excluding hydrogens is 254 g/mol. The van der Waals surface area contributed by atoms with Gasteiger partial charge in [0, 0.05) is 24.0 Å². The number of benzene rings is 1. The molecule has 5 nitrogen and oxygen atoms in total. The van der Waals surface area contributed by atoms with Crippen LogP contribution in [0, 0.1) is 0 Å². The second kappa shape index (κ2) is 8.32. The summed E-state index contributed by atoms with van der Waals surface area (Å²) in [5, 5.41) is 11.3. The Kier molecular flexibility index (Phi) is 6.73. The highest BCUT2D eigenvalue weighted by Crippen LogP contribution is 2.21. The fourth-order valence-electron chi connectivity index (χ4n) is 1.99. The van der Waals surface area contributed by atoms with Crippen molar-refractivity contribution in [2.45, 2.75) is 27.2 Å². The molecule has 0 aliphatic heterocycles. The number of likely N-dealkylation sites (N-methyl/N-ethyl adjacent to an activating group) is 1. The summed E-state index contributed by atoms with van der Waals surface area (Å²) in [4.78, 5) is 11.7. The Morgan fingerprint density at radius 2 is 2.15 bits per heavy atom. The van der Waals surface area contributed by atoms with Crippen LogP contribution in [-0.2, 0) is 11.2 Å². The number of fused-ring (bicyclic) bond motifs is 1. The van der Waals surface area contributed by atoms with Crippen molar-refractivity contribution in [3.05, 3.63) is 29.5 Å². The molecule has 1 aromatic carbocycles. The first kappa shape index (κ1) is 16.2. The van der Waals surface area contributed by atoms with E-state index in [1.807, 2.05) is 26.0 Å². The second-order valence-electron chi connectivity index (χ2n) is 4.00. The lowest BCUT2D eigenvalue weighted by molar-refractivity contribution is 0.0603. The summed E-state index contributed by atoms with van der Waals surface area (Å²) < 4.78 is 4.80. The average molecular weight is 277 g/mol. The smallest absolute Gasteiger partial charge is 0.338 e. The Balaban J connectivity index is 0.000000956. The predicted molar refractivity (Wildman–Crippen MR) is 81.0 cm³/mol. The van der Waals surface area contributed by atoms with Crippen LogP contribution in [0.3, 0.4) is 0 Å². The van der Waals surface area contributed by atoms with Gasteiger partial charge in [0.05, 0.1) is 18.2 Å². The standard InChI is InChI=1S/C13H17N3O2.C2H6/c1-3-14-8-7-11-12-9(13(17)18-2)5-4-6-10(12)15-16-11;1-2/h4-6,14H,3,7-8H2,1-2H3,(H,15,16);1-2H3. The molecule has 110 valence electrons. The molecule has 0 amide bonds. The van der Waals surface area contributed by atoms with Crippen molar-refractivity contribution in [3.8, 4) is 0 Å². The van der Waals surface area contributed by atoms with E-state index in [0.717, 1.165) is 36.1 Å². The quantitative estimate of drug-likeness (QED) is 0.651. The van der Waals surface area contributed by atoms with Crippen LogP contribution in [0.5, 0.6) is 0 Å². The molecule has 0 saturated heterocycles. The van der Waals surface area contributed by atoms with Crippen molar-refractivity contribution in [1.82, 2.24) is 15.5 Å². The van der Waals surface area contributed by atoms with Gasteiger partial charge in [-0.25, -0.2) is 4.79 Å². The van der Waals surface area contributed by atoms with Crippen LogP contribution < -0.4 is 5.32 Å². The summed E-state index contributed by atoms with van der Waals surface area (Å²) in [7, 11) is 1.39. The Hall–Kier alpha value is -1.88. The van der Waals surface area contributed by atoms with E-state index >= 15 is 0 Å². The molecule has 1 aromatic heterocycles. The summed E-state index contributed by atoms with van der Waals surface area (Å²) in [6.07, 6.45) is 0.804. The number of H-pyrrole nitrogens is 1. The number of hydrogen-bond donors (Lipinski definition) is 2. The van der Waals surface area contributed by atoms with Gasteiger partial charge in [0.25, 0.3) is 0 Å². The third-order valence-electron chi connectivity index (χ3n) is 2.86. The first-order chi connectivity index (χ1) is 9.77. The summed E-state index contributed by atoms with van der Waals surface area (Å²) >= 11 is 0. The lowest BCUT2D eigenvalue weighted by Crippen LogP contribution is -2.16. The zero-order valence-corrected chi connectivity index (χ0v) is 12.6. The molecule has 0 fully saturated rings. The molecule has 0 saturated carbocycles. The molecular formula is C15H23N3O2. The number of hydrogen-bond acceptors (Lipinski definition) is 4. The van der Waals surface area contributed by atoms with E-state index in [-0.39, 0.29) is 5.97 Å². The molecule has 0 aliphatic carbocycles. The Bertz CT molecular complexity index is 549. The maximum absolute atomic E-state index is 11.7. The van der Waals surface area contributed by atoms with Crippen molar-refractivity contribution in [2.75, 3.05) is 20.2 Å². The van der Waals surface area contributed by atoms with Crippen molar-refractivity contribution in [2.24, 2.45) is 0 Å². The summed E-state index contributed by atoms with van der Waals surface area (Å²) in [5.74, 6) is -0.327. The Labute approximate surface area is 119 Å². The second-order valence-corrected chi connectivity index (χ2v) is 4.00. The third-order valence-corrected chi connectivity index (χ3v) is 2.86. The van der Waals surface area contributed by atoms with Gasteiger partial charge < -0.3 is 10.1 Å². The van der Waals surface area contributed by atoms with E-state index in [0.29, 0.717) is 5.56 Å². The maximum Gasteiger partial charge on any atom is 0.338 e. The fourth-order valence-corrected chi connectivity index (χ4v) is 1.99. The van der Waals surface area contributed by atoms with Crippen LogP contribution in [0.25, 0.3) is 10.9 Å².